The van der Waals surface area contributed by atoms with Gasteiger partial charge < -0.3 is 25.2 Å². The smallest absolute Gasteiger partial charge is 0.407 e. The summed E-state index contributed by atoms with van der Waals surface area (Å²) in [5.41, 5.74) is -0.523. The molecule has 0 saturated heterocycles. The molecule has 0 fully saturated rings. The molecule has 2 amide bonds. The van der Waals surface area contributed by atoms with Gasteiger partial charge in [-0.1, -0.05) is 20.8 Å². The van der Waals surface area contributed by atoms with Gasteiger partial charge in [-0.15, -0.1) is 24.0 Å². The summed E-state index contributed by atoms with van der Waals surface area (Å²) in [4.78, 5) is 31.9. The minimum absolute atomic E-state index is 0. The van der Waals surface area contributed by atoms with Gasteiger partial charge in [0.15, 0.2) is 5.96 Å². The number of nitrogens with zero attached hydrogens (tertiary/aromatic N) is 3. The normalized spacial score (nSPS) is 12.7. The molecule has 172 valence electrons. The van der Waals surface area contributed by atoms with Crippen molar-refractivity contribution in [3.8, 4) is 0 Å². The number of carbonyl (C=O) groups is 2. The van der Waals surface area contributed by atoms with Crippen LogP contribution in [0.2, 0.25) is 0 Å². The SMILES string of the molecule is CCCNC(=NCC(=O)N(C)C)N(C)CCC(NC(=O)OC(C)(C)C)C(C)C.I. The number of carbonyl (C=O) groups excluding carboxylic acids is 2. The largest absolute Gasteiger partial charge is 0.444 e. The quantitative estimate of drug-likeness (QED) is 0.274. The average Bonchev–Trinajstić information content (AvgIpc) is 2.56. The van der Waals surface area contributed by atoms with Gasteiger partial charge in [0.1, 0.15) is 12.1 Å². The fraction of sp³-hybridized carbons (Fsp3) is 0.850. The van der Waals surface area contributed by atoms with Crippen molar-refractivity contribution in [3.05, 3.63) is 0 Å². The Labute approximate surface area is 194 Å². The van der Waals surface area contributed by atoms with E-state index in [1.807, 2.05) is 32.7 Å². The summed E-state index contributed by atoms with van der Waals surface area (Å²) < 4.78 is 5.37. The van der Waals surface area contributed by atoms with Crippen LogP contribution in [0.1, 0.15) is 54.4 Å². The Morgan fingerprint density at radius 1 is 1.14 bits per heavy atom. The molecule has 8 nitrogen and oxygen atoms in total. The predicted molar refractivity (Wildman–Crippen MR) is 130 cm³/mol. The number of amides is 2. The lowest BCUT2D eigenvalue weighted by Crippen LogP contribution is -2.45. The van der Waals surface area contributed by atoms with Crippen molar-refractivity contribution >= 4 is 41.9 Å². The Bertz CT molecular complexity index is 519. The molecule has 2 N–H and O–H groups in total. The number of halogens is 1. The molecule has 0 heterocycles. The number of nitrogens with one attached hydrogen (secondary N) is 2. The van der Waals surface area contributed by atoms with Crippen LogP contribution in [0, 0.1) is 5.92 Å². The number of guanidine groups is 1. The monoisotopic (exact) mass is 527 g/mol. The molecule has 0 bridgehead atoms. The van der Waals surface area contributed by atoms with Gasteiger partial charge in [-0.3, -0.25) is 4.79 Å². The lowest BCUT2D eigenvalue weighted by Gasteiger charge is -2.28. The van der Waals surface area contributed by atoms with E-state index in [-0.39, 0.29) is 48.4 Å². The first kappa shape index (κ1) is 29.9. The Morgan fingerprint density at radius 3 is 2.17 bits per heavy atom. The first-order chi connectivity index (χ1) is 12.9. The predicted octanol–water partition coefficient (Wildman–Crippen LogP) is 2.92. The van der Waals surface area contributed by atoms with E-state index < -0.39 is 11.7 Å². The van der Waals surface area contributed by atoms with E-state index in [0.29, 0.717) is 12.5 Å². The van der Waals surface area contributed by atoms with Crippen LogP contribution in [-0.4, -0.2) is 80.2 Å². The van der Waals surface area contributed by atoms with Crippen LogP contribution in [0.15, 0.2) is 4.99 Å². The van der Waals surface area contributed by atoms with Crippen molar-refractivity contribution in [1.29, 1.82) is 0 Å². The van der Waals surface area contributed by atoms with Crippen LogP contribution in [-0.2, 0) is 9.53 Å². The fourth-order valence-corrected chi connectivity index (χ4v) is 2.30. The van der Waals surface area contributed by atoms with Gasteiger partial charge in [0, 0.05) is 40.3 Å². The zero-order valence-electron chi connectivity index (χ0n) is 19.7. The Kier molecular flexibility index (Phi) is 15.2. The molecule has 0 spiro atoms. The second-order valence-electron chi connectivity index (χ2n) is 8.56. The van der Waals surface area contributed by atoms with Crippen molar-refractivity contribution in [2.75, 3.05) is 40.8 Å². The van der Waals surface area contributed by atoms with Gasteiger partial charge in [0.2, 0.25) is 5.91 Å². The first-order valence-electron chi connectivity index (χ1n) is 10.1. The summed E-state index contributed by atoms with van der Waals surface area (Å²) in [5.74, 6) is 0.910. The molecule has 0 aromatic rings. The summed E-state index contributed by atoms with van der Waals surface area (Å²) in [7, 11) is 5.37. The lowest BCUT2D eigenvalue weighted by atomic mass is 10.0. The second kappa shape index (κ2) is 14.7. The van der Waals surface area contributed by atoms with Crippen molar-refractivity contribution in [3.63, 3.8) is 0 Å². The third-order valence-electron chi connectivity index (χ3n) is 4.04. The number of likely N-dealkylation sites (N-methyl/N-ethyl adjacent to an activating group) is 1. The Balaban J connectivity index is 0. The van der Waals surface area contributed by atoms with E-state index in [1.54, 1.807) is 14.1 Å². The summed E-state index contributed by atoms with van der Waals surface area (Å²) in [6.45, 7) is 13.3. The van der Waals surface area contributed by atoms with Gasteiger partial charge in [-0.05, 0) is 39.5 Å². The number of hydrogen-bond acceptors (Lipinski definition) is 4. The zero-order chi connectivity index (χ0) is 21.9. The lowest BCUT2D eigenvalue weighted by molar-refractivity contribution is -0.127. The molecule has 0 aromatic carbocycles. The number of rotatable bonds is 9. The highest BCUT2D eigenvalue weighted by Crippen LogP contribution is 2.11. The maximum Gasteiger partial charge on any atom is 0.407 e. The number of hydrogen-bond donors (Lipinski definition) is 2. The summed E-state index contributed by atoms with van der Waals surface area (Å²) >= 11 is 0. The first-order valence-corrected chi connectivity index (χ1v) is 10.1. The Hall–Kier alpha value is -1.26. The minimum atomic E-state index is -0.523. The molecule has 1 atom stereocenters. The molecule has 0 radical (unpaired) electrons. The van der Waals surface area contributed by atoms with Crippen molar-refractivity contribution in [1.82, 2.24) is 20.4 Å². The van der Waals surface area contributed by atoms with E-state index in [1.165, 1.54) is 4.90 Å². The van der Waals surface area contributed by atoms with Crippen molar-refractivity contribution in [2.45, 2.75) is 66.0 Å². The van der Waals surface area contributed by atoms with Crippen LogP contribution in [0.25, 0.3) is 0 Å². The molecular weight excluding hydrogens is 485 g/mol. The molecule has 0 aromatic heterocycles. The average molecular weight is 527 g/mol. The summed E-state index contributed by atoms with van der Waals surface area (Å²) in [6, 6.07) is -0.0202. The van der Waals surface area contributed by atoms with Gasteiger partial charge >= 0.3 is 6.09 Å². The van der Waals surface area contributed by atoms with E-state index in [0.717, 1.165) is 19.4 Å². The van der Waals surface area contributed by atoms with E-state index >= 15 is 0 Å². The van der Waals surface area contributed by atoms with Crippen LogP contribution < -0.4 is 10.6 Å². The topological polar surface area (TPSA) is 86.3 Å². The molecule has 0 saturated carbocycles. The third-order valence-corrected chi connectivity index (χ3v) is 4.04. The van der Waals surface area contributed by atoms with Crippen molar-refractivity contribution < 1.29 is 14.3 Å². The molecule has 0 rings (SSSR count). The second-order valence-corrected chi connectivity index (χ2v) is 8.56. The van der Waals surface area contributed by atoms with Gasteiger partial charge in [-0.2, -0.15) is 0 Å². The van der Waals surface area contributed by atoms with Crippen LogP contribution in [0.5, 0.6) is 0 Å². The van der Waals surface area contributed by atoms with E-state index in [4.69, 9.17) is 4.74 Å². The highest BCUT2D eigenvalue weighted by molar-refractivity contribution is 14.0. The van der Waals surface area contributed by atoms with E-state index in [9.17, 15) is 9.59 Å². The molecule has 0 aliphatic carbocycles. The van der Waals surface area contributed by atoms with Crippen molar-refractivity contribution in [2.24, 2.45) is 10.9 Å². The van der Waals surface area contributed by atoms with E-state index in [2.05, 4.69) is 36.4 Å². The zero-order valence-corrected chi connectivity index (χ0v) is 22.0. The highest BCUT2D eigenvalue weighted by atomic mass is 127. The van der Waals surface area contributed by atoms with Gasteiger partial charge in [0.25, 0.3) is 0 Å². The maximum absolute atomic E-state index is 12.1. The summed E-state index contributed by atoms with van der Waals surface area (Å²) in [6.07, 6.45) is 1.30. The van der Waals surface area contributed by atoms with Gasteiger partial charge in [0.05, 0.1) is 0 Å². The molecule has 0 aliphatic rings. The molecular formula is C20H42IN5O3. The Morgan fingerprint density at radius 2 is 1.72 bits per heavy atom. The number of ether oxygens (including phenoxy) is 1. The van der Waals surface area contributed by atoms with Gasteiger partial charge in [-0.25, -0.2) is 9.79 Å². The minimum Gasteiger partial charge on any atom is -0.444 e. The third kappa shape index (κ3) is 14.4. The standard InChI is InChI=1S/C20H41N5O3.HI/c1-10-12-21-18(22-14-17(26)24(7)8)25(9)13-11-16(15(2)3)23-19(27)28-20(4,5)6;/h15-16H,10-14H2,1-9H3,(H,21,22)(H,23,27);1H. The van der Waals surface area contributed by atoms with Crippen LogP contribution in [0.3, 0.4) is 0 Å². The maximum atomic E-state index is 12.1. The molecule has 0 aliphatic heterocycles. The molecule has 1 unspecified atom stereocenters. The number of aliphatic imine (C=N–C) groups is 1. The molecule has 29 heavy (non-hydrogen) atoms. The molecule has 9 heteroatoms. The van der Waals surface area contributed by atoms with Crippen LogP contribution >= 0.6 is 24.0 Å². The highest BCUT2D eigenvalue weighted by Gasteiger charge is 2.22. The summed E-state index contributed by atoms with van der Waals surface area (Å²) in [5, 5.41) is 6.25. The fourth-order valence-electron chi connectivity index (χ4n) is 2.30. The number of alkyl carbamates (subject to hydrolysis) is 1. The van der Waals surface area contributed by atoms with Crippen LogP contribution in [0.4, 0.5) is 4.79 Å².